The Labute approximate surface area is 160 Å². The first-order valence-electron chi connectivity index (χ1n) is 7.61. The van der Waals surface area contributed by atoms with Gasteiger partial charge < -0.3 is 15.0 Å². The fourth-order valence-corrected chi connectivity index (χ4v) is 2.72. The topological polar surface area (TPSA) is 58.6 Å². The third-order valence-corrected chi connectivity index (χ3v) is 4.19. The van der Waals surface area contributed by atoms with Gasteiger partial charge in [-0.15, -0.1) is 0 Å². The lowest BCUT2D eigenvalue weighted by molar-refractivity contribution is -0.129. The Balaban J connectivity index is 1.92. The fourth-order valence-electron chi connectivity index (χ4n) is 2.23. The summed E-state index contributed by atoms with van der Waals surface area (Å²) < 4.78 is 18.6. The van der Waals surface area contributed by atoms with Crippen LogP contribution in [0.5, 0.6) is 5.75 Å². The maximum atomic E-state index is 13.7. The standard InChI is InChI=1S/C18H17Cl2FN2O3/c1-23(10-11-3-6-16(26-2)15(21)7-11)17(24)9-22-18(25)13-5-4-12(19)8-14(13)20/h3-8H,9-10H2,1-2H3,(H,22,25). The van der Waals surface area contributed by atoms with E-state index in [0.29, 0.717) is 10.6 Å². The summed E-state index contributed by atoms with van der Waals surface area (Å²) in [6, 6.07) is 8.92. The monoisotopic (exact) mass is 398 g/mol. The van der Waals surface area contributed by atoms with E-state index in [-0.39, 0.29) is 35.3 Å². The van der Waals surface area contributed by atoms with Crippen molar-refractivity contribution in [3.8, 4) is 5.75 Å². The maximum absolute atomic E-state index is 13.7. The first-order valence-corrected chi connectivity index (χ1v) is 8.37. The van der Waals surface area contributed by atoms with Gasteiger partial charge in [0.15, 0.2) is 11.6 Å². The normalized spacial score (nSPS) is 10.3. The third-order valence-electron chi connectivity index (χ3n) is 3.64. The van der Waals surface area contributed by atoms with Gasteiger partial charge in [0.05, 0.1) is 24.2 Å². The molecule has 2 amide bonds. The number of nitrogens with zero attached hydrogens (tertiary/aromatic N) is 1. The van der Waals surface area contributed by atoms with Crippen molar-refractivity contribution >= 4 is 35.0 Å². The summed E-state index contributed by atoms with van der Waals surface area (Å²) >= 11 is 11.7. The van der Waals surface area contributed by atoms with Crippen LogP contribution in [0.4, 0.5) is 4.39 Å². The molecule has 138 valence electrons. The van der Waals surface area contributed by atoms with Crippen molar-refractivity contribution in [1.82, 2.24) is 10.2 Å². The molecular formula is C18H17Cl2FN2O3. The van der Waals surface area contributed by atoms with Crippen molar-refractivity contribution in [3.05, 3.63) is 63.4 Å². The Morgan fingerprint density at radius 2 is 1.92 bits per heavy atom. The number of rotatable bonds is 6. The summed E-state index contributed by atoms with van der Waals surface area (Å²) in [5.74, 6) is -1.19. The largest absolute Gasteiger partial charge is 0.494 e. The van der Waals surface area contributed by atoms with Gasteiger partial charge in [-0.2, -0.15) is 0 Å². The van der Waals surface area contributed by atoms with Gasteiger partial charge in [0, 0.05) is 18.6 Å². The number of methoxy groups -OCH3 is 1. The zero-order valence-electron chi connectivity index (χ0n) is 14.2. The Kier molecular flexibility index (Phi) is 6.83. The van der Waals surface area contributed by atoms with Crippen LogP contribution in [0.3, 0.4) is 0 Å². The number of hydrogen-bond donors (Lipinski definition) is 1. The zero-order valence-corrected chi connectivity index (χ0v) is 15.7. The van der Waals surface area contributed by atoms with E-state index in [1.165, 1.54) is 42.3 Å². The van der Waals surface area contributed by atoms with Crippen molar-refractivity contribution in [2.24, 2.45) is 0 Å². The summed E-state index contributed by atoms with van der Waals surface area (Å²) in [6.07, 6.45) is 0. The van der Waals surface area contributed by atoms with E-state index in [1.54, 1.807) is 13.1 Å². The van der Waals surface area contributed by atoms with Crippen molar-refractivity contribution in [2.45, 2.75) is 6.54 Å². The molecule has 0 spiro atoms. The second-order valence-electron chi connectivity index (χ2n) is 5.53. The van der Waals surface area contributed by atoms with Crippen LogP contribution in [-0.2, 0) is 11.3 Å². The molecule has 2 aromatic rings. The Morgan fingerprint density at radius 1 is 1.19 bits per heavy atom. The van der Waals surface area contributed by atoms with Crippen LogP contribution in [0.15, 0.2) is 36.4 Å². The van der Waals surface area contributed by atoms with Gasteiger partial charge in [0.25, 0.3) is 5.91 Å². The van der Waals surface area contributed by atoms with E-state index in [0.717, 1.165) is 0 Å². The maximum Gasteiger partial charge on any atom is 0.253 e. The van der Waals surface area contributed by atoms with Gasteiger partial charge in [-0.05, 0) is 35.9 Å². The third kappa shape index (κ3) is 5.09. The number of likely N-dealkylation sites (N-methyl/N-ethyl adjacent to an activating group) is 1. The predicted molar refractivity (Wildman–Crippen MR) is 98.2 cm³/mol. The van der Waals surface area contributed by atoms with Gasteiger partial charge in [-0.25, -0.2) is 4.39 Å². The van der Waals surface area contributed by atoms with Gasteiger partial charge in [-0.3, -0.25) is 9.59 Å². The molecule has 0 saturated heterocycles. The van der Waals surface area contributed by atoms with Crippen molar-refractivity contribution in [1.29, 1.82) is 0 Å². The molecule has 0 aliphatic carbocycles. The molecule has 0 bridgehead atoms. The van der Waals surface area contributed by atoms with E-state index >= 15 is 0 Å². The van der Waals surface area contributed by atoms with Gasteiger partial charge in [-0.1, -0.05) is 29.3 Å². The molecule has 0 atom stereocenters. The van der Waals surface area contributed by atoms with E-state index in [1.807, 2.05) is 0 Å². The Hall–Kier alpha value is -2.31. The lowest BCUT2D eigenvalue weighted by Crippen LogP contribution is -2.37. The minimum absolute atomic E-state index is 0.134. The van der Waals surface area contributed by atoms with Crippen LogP contribution in [0.1, 0.15) is 15.9 Å². The highest BCUT2D eigenvalue weighted by Gasteiger charge is 2.15. The molecule has 1 N–H and O–H groups in total. The van der Waals surface area contributed by atoms with Crippen molar-refractivity contribution < 1.29 is 18.7 Å². The SMILES string of the molecule is COc1ccc(CN(C)C(=O)CNC(=O)c2ccc(Cl)cc2Cl)cc1F. The molecule has 0 fully saturated rings. The van der Waals surface area contributed by atoms with Crippen LogP contribution in [0, 0.1) is 5.82 Å². The number of benzene rings is 2. The fraction of sp³-hybridized carbons (Fsp3) is 0.222. The summed E-state index contributed by atoms with van der Waals surface area (Å²) in [5.41, 5.74) is 0.829. The van der Waals surface area contributed by atoms with E-state index in [4.69, 9.17) is 27.9 Å². The van der Waals surface area contributed by atoms with E-state index < -0.39 is 11.7 Å². The number of halogens is 3. The molecule has 2 aromatic carbocycles. The number of hydrogen-bond acceptors (Lipinski definition) is 3. The first kappa shape index (κ1) is 20.0. The second-order valence-corrected chi connectivity index (χ2v) is 6.37. The predicted octanol–water partition coefficient (Wildman–Crippen LogP) is 3.53. The minimum Gasteiger partial charge on any atom is -0.494 e. The number of carbonyl (C=O) groups excluding carboxylic acids is 2. The highest BCUT2D eigenvalue weighted by atomic mass is 35.5. The van der Waals surface area contributed by atoms with Gasteiger partial charge in [0.2, 0.25) is 5.91 Å². The Bertz CT molecular complexity index is 830. The van der Waals surface area contributed by atoms with Crippen LogP contribution < -0.4 is 10.1 Å². The summed E-state index contributed by atoms with van der Waals surface area (Å²) in [6.45, 7) is -0.0236. The average Bonchev–Trinajstić information content (AvgIpc) is 2.59. The molecule has 5 nitrogen and oxygen atoms in total. The van der Waals surface area contributed by atoms with Crippen LogP contribution >= 0.6 is 23.2 Å². The highest BCUT2D eigenvalue weighted by molar-refractivity contribution is 6.36. The summed E-state index contributed by atoms with van der Waals surface area (Å²) in [7, 11) is 2.94. The lowest BCUT2D eigenvalue weighted by atomic mass is 10.2. The van der Waals surface area contributed by atoms with Crippen molar-refractivity contribution in [3.63, 3.8) is 0 Å². The molecule has 0 aliphatic rings. The van der Waals surface area contributed by atoms with E-state index in [9.17, 15) is 14.0 Å². The first-order chi connectivity index (χ1) is 12.3. The highest BCUT2D eigenvalue weighted by Crippen LogP contribution is 2.21. The molecule has 0 heterocycles. The van der Waals surface area contributed by atoms with Gasteiger partial charge >= 0.3 is 0 Å². The molecule has 0 unspecified atom stereocenters. The van der Waals surface area contributed by atoms with Crippen LogP contribution in [0.25, 0.3) is 0 Å². The smallest absolute Gasteiger partial charge is 0.253 e. The summed E-state index contributed by atoms with van der Waals surface area (Å²) in [4.78, 5) is 25.7. The zero-order chi connectivity index (χ0) is 19.3. The number of ether oxygens (including phenoxy) is 1. The number of nitrogens with one attached hydrogen (secondary N) is 1. The van der Waals surface area contributed by atoms with Crippen LogP contribution in [0.2, 0.25) is 10.0 Å². The molecular weight excluding hydrogens is 382 g/mol. The molecule has 8 heteroatoms. The average molecular weight is 399 g/mol. The van der Waals surface area contributed by atoms with Gasteiger partial charge in [0.1, 0.15) is 0 Å². The lowest BCUT2D eigenvalue weighted by Gasteiger charge is -2.18. The molecule has 0 aromatic heterocycles. The molecule has 0 aliphatic heterocycles. The minimum atomic E-state index is -0.503. The number of amides is 2. The van der Waals surface area contributed by atoms with Crippen molar-refractivity contribution in [2.75, 3.05) is 20.7 Å². The Morgan fingerprint density at radius 3 is 2.54 bits per heavy atom. The number of carbonyl (C=O) groups is 2. The molecule has 0 radical (unpaired) electrons. The second kappa shape index (κ2) is 8.87. The van der Waals surface area contributed by atoms with Crippen LogP contribution in [-0.4, -0.2) is 37.4 Å². The molecule has 2 rings (SSSR count). The van der Waals surface area contributed by atoms with E-state index in [2.05, 4.69) is 5.32 Å². The molecule has 0 saturated carbocycles. The molecule has 26 heavy (non-hydrogen) atoms. The quantitative estimate of drug-likeness (QED) is 0.809. The summed E-state index contributed by atoms with van der Waals surface area (Å²) in [5, 5.41) is 3.11.